The second-order valence-electron chi connectivity index (χ2n) is 7.94. The molecule has 0 aliphatic rings. The summed E-state index contributed by atoms with van der Waals surface area (Å²) in [5.74, 6) is 1.70. The van der Waals surface area contributed by atoms with Crippen molar-refractivity contribution in [3.8, 4) is 17.2 Å². The number of fused-ring (bicyclic) bond motifs is 1. The van der Waals surface area contributed by atoms with Crippen LogP contribution < -0.4 is 19.5 Å². The smallest absolute Gasteiger partial charge is 0.246 e. The highest BCUT2D eigenvalue weighted by atomic mass is 16.5. The second kappa shape index (κ2) is 11.9. The summed E-state index contributed by atoms with van der Waals surface area (Å²) in [5.41, 5.74) is 3.01. The van der Waals surface area contributed by atoms with E-state index in [2.05, 4.69) is 16.4 Å². The maximum atomic E-state index is 12.6. The number of carbonyl (C=O) groups is 1. The van der Waals surface area contributed by atoms with Crippen molar-refractivity contribution in [3.05, 3.63) is 90.1 Å². The molecule has 35 heavy (non-hydrogen) atoms. The molecule has 1 unspecified atom stereocenters. The number of rotatable bonds is 12. The predicted molar refractivity (Wildman–Crippen MR) is 135 cm³/mol. The Morgan fingerprint density at radius 1 is 0.886 bits per heavy atom. The summed E-state index contributed by atoms with van der Waals surface area (Å²) in [4.78, 5) is 15.9. The number of aromatic nitrogens is 1. The maximum absolute atomic E-state index is 12.6. The predicted octanol–water partition coefficient (Wildman–Crippen LogP) is 4.53. The van der Waals surface area contributed by atoms with Crippen LogP contribution in [0.3, 0.4) is 0 Å². The van der Waals surface area contributed by atoms with Gasteiger partial charge in [0, 0.05) is 35.1 Å². The van der Waals surface area contributed by atoms with Gasteiger partial charge >= 0.3 is 0 Å². The molecule has 4 aromatic rings. The zero-order valence-corrected chi connectivity index (χ0v) is 20.0. The van der Waals surface area contributed by atoms with Crippen LogP contribution in [0.4, 0.5) is 0 Å². The summed E-state index contributed by atoms with van der Waals surface area (Å²) in [7, 11) is 3.24. The van der Waals surface area contributed by atoms with Crippen molar-refractivity contribution in [3.63, 3.8) is 0 Å². The van der Waals surface area contributed by atoms with Gasteiger partial charge in [-0.2, -0.15) is 0 Å². The average Bonchev–Trinajstić information content (AvgIpc) is 3.33. The highest BCUT2D eigenvalue weighted by molar-refractivity contribution is 5.84. The molecular weight excluding hydrogens is 444 g/mol. The third-order valence-electron chi connectivity index (χ3n) is 5.78. The van der Waals surface area contributed by atoms with E-state index in [1.165, 1.54) is 0 Å². The van der Waals surface area contributed by atoms with Crippen LogP contribution in [0.15, 0.2) is 79.0 Å². The summed E-state index contributed by atoms with van der Waals surface area (Å²) in [6.07, 6.45) is 1.98. The van der Waals surface area contributed by atoms with Crippen LogP contribution in [-0.4, -0.2) is 51.5 Å². The van der Waals surface area contributed by atoms with Gasteiger partial charge in [0.05, 0.1) is 20.8 Å². The zero-order chi connectivity index (χ0) is 24.5. The molecule has 0 fully saturated rings. The molecule has 0 saturated carbocycles. The van der Waals surface area contributed by atoms with Crippen LogP contribution in [0.1, 0.15) is 17.0 Å². The Morgan fingerprint density at radius 2 is 1.69 bits per heavy atom. The van der Waals surface area contributed by atoms with Gasteiger partial charge in [-0.1, -0.05) is 48.5 Å². The molecule has 182 valence electrons. The third-order valence-corrected chi connectivity index (χ3v) is 5.78. The number of methoxy groups -OCH3 is 2. The van der Waals surface area contributed by atoms with Crippen LogP contribution in [0.2, 0.25) is 0 Å². The summed E-state index contributed by atoms with van der Waals surface area (Å²) >= 11 is 0. The Bertz CT molecular complexity index is 1240. The molecule has 0 aliphatic heterocycles. The van der Waals surface area contributed by atoms with E-state index >= 15 is 0 Å². The number of hydrogen-bond acceptors (Lipinski definition) is 5. The van der Waals surface area contributed by atoms with E-state index in [4.69, 9.17) is 18.9 Å². The van der Waals surface area contributed by atoms with Crippen molar-refractivity contribution in [2.24, 2.45) is 0 Å². The van der Waals surface area contributed by atoms with Gasteiger partial charge in [0.15, 0.2) is 11.5 Å². The van der Waals surface area contributed by atoms with E-state index in [-0.39, 0.29) is 18.4 Å². The lowest BCUT2D eigenvalue weighted by molar-refractivity contribution is -0.125. The van der Waals surface area contributed by atoms with Crippen molar-refractivity contribution in [1.82, 2.24) is 10.3 Å². The largest absolute Gasteiger partial charge is 0.493 e. The molecule has 0 radical (unpaired) electrons. The molecule has 0 saturated heterocycles. The molecule has 7 heteroatoms. The number of H-pyrrole nitrogens is 1. The Labute approximate surface area is 205 Å². The number of carbonyl (C=O) groups excluding carboxylic acids is 1. The van der Waals surface area contributed by atoms with Gasteiger partial charge in [-0.05, 0) is 29.8 Å². The van der Waals surface area contributed by atoms with Gasteiger partial charge in [-0.25, -0.2) is 0 Å². The first-order valence-electron chi connectivity index (χ1n) is 11.5. The molecule has 3 aromatic carbocycles. The van der Waals surface area contributed by atoms with Crippen LogP contribution >= 0.6 is 0 Å². The van der Waals surface area contributed by atoms with Crippen molar-refractivity contribution < 1.29 is 23.7 Å². The van der Waals surface area contributed by atoms with Gasteiger partial charge in [0.2, 0.25) is 5.91 Å². The number of aromatic amines is 1. The molecule has 1 amide bonds. The molecule has 7 nitrogen and oxygen atoms in total. The van der Waals surface area contributed by atoms with E-state index in [0.717, 1.165) is 27.8 Å². The topological polar surface area (TPSA) is 81.8 Å². The van der Waals surface area contributed by atoms with Crippen LogP contribution in [0, 0.1) is 0 Å². The normalized spacial score (nSPS) is 11.7. The SMILES string of the molecule is COc1cccc(C(CNC(=O)COCCOc2ccccc2)c2c[nH]c3ccccc23)c1OC. The Balaban J connectivity index is 1.43. The minimum absolute atomic E-state index is 0.0476. The van der Waals surface area contributed by atoms with E-state index in [0.29, 0.717) is 31.3 Å². The van der Waals surface area contributed by atoms with E-state index in [1.54, 1.807) is 14.2 Å². The standard InChI is InChI=1S/C28H30N2O5/c1-32-26-14-8-12-22(28(26)33-2)24(23-17-29-25-13-7-6-11-21(23)25)18-30-27(31)19-34-15-16-35-20-9-4-3-5-10-20/h3-14,17,24,29H,15-16,18-19H2,1-2H3,(H,30,31). The number of para-hydroxylation sites is 3. The van der Waals surface area contributed by atoms with Crippen molar-refractivity contribution >= 4 is 16.8 Å². The van der Waals surface area contributed by atoms with E-state index in [1.807, 2.05) is 72.9 Å². The van der Waals surface area contributed by atoms with Crippen LogP contribution in [0.25, 0.3) is 10.9 Å². The first-order valence-corrected chi connectivity index (χ1v) is 11.5. The molecule has 1 aromatic heterocycles. The van der Waals surface area contributed by atoms with Crippen LogP contribution in [0.5, 0.6) is 17.2 Å². The average molecular weight is 475 g/mol. The molecule has 0 aliphatic carbocycles. The second-order valence-corrected chi connectivity index (χ2v) is 7.94. The number of hydrogen-bond donors (Lipinski definition) is 2. The Morgan fingerprint density at radius 3 is 2.49 bits per heavy atom. The highest BCUT2D eigenvalue weighted by Crippen LogP contribution is 2.40. The minimum atomic E-state index is -0.198. The van der Waals surface area contributed by atoms with E-state index < -0.39 is 0 Å². The van der Waals surface area contributed by atoms with Crippen molar-refractivity contribution in [2.45, 2.75) is 5.92 Å². The summed E-state index contributed by atoms with van der Waals surface area (Å²) in [6, 6.07) is 23.4. The lowest BCUT2D eigenvalue weighted by atomic mass is 9.90. The quantitative estimate of drug-likeness (QED) is 0.295. The Kier molecular flexibility index (Phi) is 8.25. The fourth-order valence-corrected chi connectivity index (χ4v) is 4.12. The van der Waals surface area contributed by atoms with Crippen molar-refractivity contribution in [2.75, 3.05) is 40.6 Å². The van der Waals surface area contributed by atoms with Crippen LogP contribution in [-0.2, 0) is 9.53 Å². The van der Waals surface area contributed by atoms with Crippen molar-refractivity contribution in [1.29, 1.82) is 0 Å². The highest BCUT2D eigenvalue weighted by Gasteiger charge is 2.24. The Hall–Kier alpha value is -3.97. The first-order chi connectivity index (χ1) is 17.2. The maximum Gasteiger partial charge on any atom is 0.246 e. The third kappa shape index (κ3) is 5.94. The minimum Gasteiger partial charge on any atom is -0.493 e. The molecule has 0 bridgehead atoms. The summed E-state index contributed by atoms with van der Waals surface area (Å²) in [5, 5.41) is 4.11. The van der Waals surface area contributed by atoms with E-state index in [9.17, 15) is 4.79 Å². The lowest BCUT2D eigenvalue weighted by Gasteiger charge is -2.22. The molecular formula is C28H30N2O5. The molecule has 1 atom stereocenters. The number of ether oxygens (including phenoxy) is 4. The number of benzene rings is 3. The number of amides is 1. The summed E-state index contributed by atoms with van der Waals surface area (Å²) < 4.78 is 22.3. The zero-order valence-electron chi connectivity index (χ0n) is 20.0. The summed E-state index contributed by atoms with van der Waals surface area (Å²) in [6.45, 7) is 1.01. The number of nitrogens with one attached hydrogen (secondary N) is 2. The van der Waals surface area contributed by atoms with Gasteiger partial charge < -0.3 is 29.2 Å². The first kappa shape index (κ1) is 24.2. The molecule has 1 heterocycles. The fourth-order valence-electron chi connectivity index (χ4n) is 4.12. The molecule has 0 spiro atoms. The molecule has 2 N–H and O–H groups in total. The fraction of sp³-hybridized carbons (Fsp3) is 0.250. The molecule has 4 rings (SSSR count). The van der Waals surface area contributed by atoms with Gasteiger partial charge in [0.1, 0.15) is 19.0 Å². The lowest BCUT2D eigenvalue weighted by Crippen LogP contribution is -2.32. The van der Waals surface area contributed by atoms with Gasteiger partial charge in [-0.15, -0.1) is 0 Å². The van der Waals surface area contributed by atoms with Gasteiger partial charge in [0.25, 0.3) is 0 Å². The van der Waals surface area contributed by atoms with Gasteiger partial charge in [-0.3, -0.25) is 4.79 Å². The monoisotopic (exact) mass is 474 g/mol.